The highest BCUT2D eigenvalue weighted by Crippen LogP contribution is 2.38. The highest BCUT2D eigenvalue weighted by atomic mass is 35.5. The van der Waals surface area contributed by atoms with Crippen molar-refractivity contribution in [1.29, 1.82) is 0 Å². The number of carbonyl (C=O) groups is 1. The molecule has 0 spiro atoms. The number of ether oxygens (including phenoxy) is 2. The number of sulfone groups is 1. The van der Waals surface area contributed by atoms with Crippen LogP contribution in [-0.4, -0.2) is 55.4 Å². The predicted molar refractivity (Wildman–Crippen MR) is 129 cm³/mol. The van der Waals surface area contributed by atoms with Crippen molar-refractivity contribution in [3.63, 3.8) is 0 Å². The normalized spacial score (nSPS) is 13.2. The van der Waals surface area contributed by atoms with Crippen molar-refractivity contribution < 1.29 is 22.7 Å². The van der Waals surface area contributed by atoms with Gasteiger partial charge in [0.2, 0.25) is 5.95 Å². The van der Waals surface area contributed by atoms with E-state index in [-0.39, 0.29) is 22.6 Å². The van der Waals surface area contributed by atoms with E-state index in [1.807, 2.05) is 4.90 Å². The maximum Gasteiger partial charge on any atom is 0.350 e. The molecule has 180 valence electrons. The van der Waals surface area contributed by atoms with Gasteiger partial charge in [0.25, 0.3) is 0 Å². The SMILES string of the molecule is CCOC(=O)c1sc(Nc2nc(Cl)c3c(n2)N(Cc2ccc(S(C)(=O)=O)cc2)CCO3)nc1C. The molecule has 0 saturated heterocycles. The van der Waals surface area contributed by atoms with E-state index in [0.29, 0.717) is 47.0 Å². The van der Waals surface area contributed by atoms with Gasteiger partial charge in [-0.05, 0) is 31.5 Å². The number of hydrogen-bond acceptors (Lipinski definition) is 11. The Morgan fingerprint density at radius 1 is 1.26 bits per heavy atom. The molecule has 1 N–H and O–H groups in total. The van der Waals surface area contributed by atoms with E-state index in [1.54, 1.807) is 38.1 Å². The van der Waals surface area contributed by atoms with Gasteiger partial charge < -0.3 is 14.4 Å². The number of rotatable bonds is 7. The van der Waals surface area contributed by atoms with E-state index < -0.39 is 15.8 Å². The molecular weight excluding hydrogens is 502 g/mol. The van der Waals surface area contributed by atoms with E-state index in [4.69, 9.17) is 21.1 Å². The summed E-state index contributed by atoms with van der Waals surface area (Å²) >= 11 is 7.52. The first-order valence-corrected chi connectivity index (χ1v) is 13.4. The van der Waals surface area contributed by atoms with Crippen molar-refractivity contribution >= 4 is 55.6 Å². The Balaban J connectivity index is 1.58. The largest absolute Gasteiger partial charge is 0.485 e. The topological polar surface area (TPSA) is 124 Å². The molecule has 1 aliphatic rings. The quantitative estimate of drug-likeness (QED) is 0.362. The molecule has 0 bridgehead atoms. The monoisotopic (exact) mass is 523 g/mol. The Kier molecular flexibility index (Phi) is 6.91. The second-order valence-corrected chi connectivity index (χ2v) is 10.8. The fourth-order valence-electron chi connectivity index (χ4n) is 3.32. The van der Waals surface area contributed by atoms with Crippen molar-refractivity contribution in [1.82, 2.24) is 15.0 Å². The highest BCUT2D eigenvalue weighted by molar-refractivity contribution is 7.90. The number of benzene rings is 1. The summed E-state index contributed by atoms with van der Waals surface area (Å²) in [7, 11) is -3.27. The zero-order valence-corrected chi connectivity index (χ0v) is 21.1. The zero-order valence-electron chi connectivity index (χ0n) is 18.7. The molecule has 0 atom stereocenters. The van der Waals surface area contributed by atoms with E-state index in [0.717, 1.165) is 16.9 Å². The zero-order chi connectivity index (χ0) is 24.5. The molecule has 10 nitrogen and oxygen atoms in total. The van der Waals surface area contributed by atoms with Gasteiger partial charge in [0.15, 0.2) is 31.7 Å². The number of carbonyl (C=O) groups excluding carboxylic acids is 1. The lowest BCUT2D eigenvalue weighted by molar-refractivity contribution is 0.0531. The summed E-state index contributed by atoms with van der Waals surface area (Å²) in [5.74, 6) is 0.640. The lowest BCUT2D eigenvalue weighted by Crippen LogP contribution is -2.33. The van der Waals surface area contributed by atoms with Crippen LogP contribution in [0.2, 0.25) is 5.15 Å². The highest BCUT2D eigenvalue weighted by Gasteiger charge is 2.25. The number of fused-ring (bicyclic) bond motifs is 1. The summed E-state index contributed by atoms with van der Waals surface area (Å²) in [6.07, 6.45) is 1.17. The average molecular weight is 524 g/mol. The number of hydrogen-bond donors (Lipinski definition) is 1. The van der Waals surface area contributed by atoms with Crippen molar-refractivity contribution in [3.05, 3.63) is 45.6 Å². The maximum atomic E-state index is 12.1. The Morgan fingerprint density at radius 2 is 2.00 bits per heavy atom. The maximum absolute atomic E-state index is 12.1. The van der Waals surface area contributed by atoms with Gasteiger partial charge in [0.1, 0.15) is 11.5 Å². The molecule has 0 saturated carbocycles. The molecule has 0 radical (unpaired) electrons. The average Bonchev–Trinajstić information content (AvgIpc) is 3.14. The lowest BCUT2D eigenvalue weighted by atomic mass is 10.2. The number of nitrogens with zero attached hydrogens (tertiary/aromatic N) is 4. The van der Waals surface area contributed by atoms with Crippen LogP contribution >= 0.6 is 22.9 Å². The molecule has 34 heavy (non-hydrogen) atoms. The van der Waals surface area contributed by atoms with Crippen LogP contribution < -0.4 is 15.0 Å². The fourth-order valence-corrected chi connectivity index (χ4v) is 5.02. The molecule has 0 amide bonds. The molecule has 0 aliphatic carbocycles. The van der Waals surface area contributed by atoms with Gasteiger partial charge >= 0.3 is 5.97 Å². The number of halogens is 1. The Labute approximate surface area is 205 Å². The molecule has 3 heterocycles. The first-order valence-electron chi connectivity index (χ1n) is 10.3. The molecule has 0 unspecified atom stereocenters. The first-order chi connectivity index (χ1) is 16.2. The van der Waals surface area contributed by atoms with Gasteiger partial charge in [-0.1, -0.05) is 35.1 Å². The molecule has 3 aromatic rings. The summed E-state index contributed by atoms with van der Waals surface area (Å²) in [5, 5.41) is 3.57. The Bertz CT molecular complexity index is 1330. The summed E-state index contributed by atoms with van der Waals surface area (Å²) < 4.78 is 34.2. The van der Waals surface area contributed by atoms with Crippen molar-refractivity contribution in [2.75, 3.05) is 36.2 Å². The third-order valence-corrected chi connectivity index (χ3v) is 7.35. The molecule has 1 aromatic carbocycles. The summed E-state index contributed by atoms with van der Waals surface area (Å²) in [5.41, 5.74) is 1.44. The molecule has 2 aromatic heterocycles. The molecular formula is C21H22ClN5O5S2. The van der Waals surface area contributed by atoms with Crippen molar-refractivity contribution in [2.24, 2.45) is 0 Å². The van der Waals surface area contributed by atoms with Crippen LogP contribution in [0, 0.1) is 6.92 Å². The third-order valence-electron chi connectivity index (χ3n) is 4.91. The fraction of sp³-hybridized carbons (Fsp3) is 0.333. The van der Waals surface area contributed by atoms with Crippen LogP contribution in [-0.2, 0) is 21.1 Å². The molecule has 13 heteroatoms. The van der Waals surface area contributed by atoms with Crippen LogP contribution in [0.3, 0.4) is 0 Å². The lowest BCUT2D eigenvalue weighted by Gasteiger charge is -2.30. The van der Waals surface area contributed by atoms with Crippen LogP contribution in [0.4, 0.5) is 16.9 Å². The standard InChI is InChI=1S/C21H22ClN5O5S2/c1-4-31-19(28)16-12(2)23-21(33-16)26-20-24-17(22)15-18(25-20)27(9-10-32-15)11-13-5-7-14(8-6-13)34(3,29)30/h5-8H,4,9-11H2,1-3H3,(H,23,24,25,26). The van der Waals surface area contributed by atoms with E-state index >= 15 is 0 Å². The third kappa shape index (κ3) is 5.24. The number of aryl methyl sites for hydroxylation is 1. The van der Waals surface area contributed by atoms with Gasteiger partial charge in [-0.15, -0.1) is 0 Å². The predicted octanol–water partition coefficient (Wildman–Crippen LogP) is 3.62. The summed E-state index contributed by atoms with van der Waals surface area (Å²) in [4.78, 5) is 27.9. The second-order valence-electron chi connectivity index (χ2n) is 7.46. The first kappa shape index (κ1) is 24.2. The van der Waals surface area contributed by atoms with Crippen LogP contribution in [0.25, 0.3) is 0 Å². The van der Waals surface area contributed by atoms with Gasteiger partial charge in [0.05, 0.1) is 23.7 Å². The van der Waals surface area contributed by atoms with Crippen LogP contribution in [0.5, 0.6) is 5.75 Å². The van der Waals surface area contributed by atoms with Crippen LogP contribution in [0.15, 0.2) is 29.2 Å². The molecule has 4 rings (SSSR count). The van der Waals surface area contributed by atoms with Crippen molar-refractivity contribution in [3.8, 4) is 5.75 Å². The van der Waals surface area contributed by atoms with E-state index in [1.165, 1.54) is 6.26 Å². The minimum Gasteiger partial charge on any atom is -0.485 e. The summed E-state index contributed by atoms with van der Waals surface area (Å²) in [6.45, 7) is 5.16. The number of aromatic nitrogens is 3. The minimum absolute atomic E-state index is 0.142. The molecule has 1 aliphatic heterocycles. The van der Waals surface area contributed by atoms with E-state index in [9.17, 15) is 13.2 Å². The second kappa shape index (κ2) is 9.72. The Hall–Kier alpha value is -2.96. The minimum atomic E-state index is -3.27. The number of esters is 1. The Morgan fingerprint density at radius 3 is 2.68 bits per heavy atom. The van der Waals surface area contributed by atoms with Gasteiger partial charge in [0, 0.05) is 12.8 Å². The van der Waals surface area contributed by atoms with Gasteiger partial charge in [-0.2, -0.15) is 9.97 Å². The van der Waals surface area contributed by atoms with E-state index in [2.05, 4.69) is 20.3 Å². The van der Waals surface area contributed by atoms with Gasteiger partial charge in [-0.3, -0.25) is 5.32 Å². The number of thiazole rings is 1. The van der Waals surface area contributed by atoms with Crippen molar-refractivity contribution in [2.45, 2.75) is 25.3 Å². The summed E-state index contributed by atoms with van der Waals surface area (Å²) in [6, 6.07) is 6.70. The molecule has 0 fully saturated rings. The number of nitrogens with one attached hydrogen (secondary N) is 1. The van der Waals surface area contributed by atoms with Gasteiger partial charge in [-0.25, -0.2) is 18.2 Å². The van der Waals surface area contributed by atoms with Crippen LogP contribution in [0.1, 0.15) is 27.9 Å². The number of anilines is 3. The smallest absolute Gasteiger partial charge is 0.350 e.